The quantitative estimate of drug-likeness (QED) is 0.737. The number of nitrogens with zero attached hydrogens (tertiary/aromatic N) is 3. The van der Waals surface area contributed by atoms with Crippen LogP contribution in [0.3, 0.4) is 0 Å². The van der Waals surface area contributed by atoms with Gasteiger partial charge in [-0.2, -0.15) is 5.10 Å². The van der Waals surface area contributed by atoms with Crippen molar-refractivity contribution in [2.75, 3.05) is 11.9 Å². The number of aliphatic hydroxyl groups excluding tert-OH is 1. The van der Waals surface area contributed by atoms with Gasteiger partial charge in [-0.25, -0.2) is 4.79 Å². The summed E-state index contributed by atoms with van der Waals surface area (Å²) in [6.07, 6.45) is 5.34. The largest absolute Gasteiger partial charge is 0.393 e. The lowest BCUT2D eigenvalue weighted by atomic mass is 10.0. The molecular weight excluding hydrogens is 298 g/mol. The third-order valence-corrected chi connectivity index (χ3v) is 5.13. The lowest BCUT2D eigenvalue weighted by molar-refractivity contribution is -0.122. The summed E-state index contributed by atoms with van der Waals surface area (Å²) in [7, 11) is 0. The van der Waals surface area contributed by atoms with Crippen LogP contribution < -0.4 is 10.6 Å². The molecular formula is C15H21N5O3. The number of urea groups is 1. The van der Waals surface area contributed by atoms with Crippen LogP contribution in [-0.4, -0.2) is 56.5 Å². The number of aliphatic hydroxyl groups is 1. The molecule has 1 aromatic rings. The lowest BCUT2D eigenvalue weighted by Gasteiger charge is -2.36. The molecule has 2 unspecified atom stereocenters. The standard InChI is InChI=1S/C15H21N5O3/c21-11-7-9-1-2-10(8-11)20(9)15(23)17-13-4-6-19(18-13)12-3-5-16-14(12)22/h4,6,9-12,21H,1-3,5,7-8H2,(H,16,22)(H,17,18,23)/t9-,10+,11?,12?. The Balaban J connectivity index is 1.43. The van der Waals surface area contributed by atoms with Gasteiger partial charge in [0.15, 0.2) is 5.82 Å². The average molecular weight is 319 g/mol. The molecule has 0 aromatic carbocycles. The molecule has 0 saturated carbocycles. The van der Waals surface area contributed by atoms with E-state index in [1.165, 1.54) is 0 Å². The van der Waals surface area contributed by atoms with Crippen molar-refractivity contribution in [1.82, 2.24) is 20.0 Å². The first-order valence-corrected chi connectivity index (χ1v) is 8.22. The van der Waals surface area contributed by atoms with E-state index < -0.39 is 0 Å². The Bertz CT molecular complexity index is 616. The molecule has 124 valence electrons. The predicted octanol–water partition coefficient (Wildman–Crippen LogP) is 0.464. The van der Waals surface area contributed by atoms with Gasteiger partial charge in [-0.05, 0) is 32.1 Å². The minimum absolute atomic E-state index is 0.0333. The first-order valence-electron chi connectivity index (χ1n) is 8.22. The Morgan fingerprint density at radius 2 is 2.04 bits per heavy atom. The van der Waals surface area contributed by atoms with Gasteiger partial charge in [0.1, 0.15) is 6.04 Å². The van der Waals surface area contributed by atoms with E-state index >= 15 is 0 Å². The molecule has 0 aliphatic carbocycles. The molecule has 0 radical (unpaired) electrons. The SMILES string of the molecule is O=C1NCCC1n1ccc(NC(=O)N2[C@@H]3CC[C@H]2CC(O)C3)n1. The van der Waals surface area contributed by atoms with Gasteiger partial charge >= 0.3 is 6.03 Å². The number of fused-ring (bicyclic) bond motifs is 2. The molecule has 23 heavy (non-hydrogen) atoms. The van der Waals surface area contributed by atoms with Crippen LogP contribution in [-0.2, 0) is 4.79 Å². The first-order chi connectivity index (χ1) is 11.1. The van der Waals surface area contributed by atoms with Gasteiger partial charge in [0.25, 0.3) is 0 Å². The maximum atomic E-state index is 12.5. The highest BCUT2D eigenvalue weighted by molar-refractivity contribution is 5.89. The third kappa shape index (κ3) is 2.56. The van der Waals surface area contributed by atoms with Gasteiger partial charge < -0.3 is 15.3 Å². The van der Waals surface area contributed by atoms with Crippen LogP contribution in [0.5, 0.6) is 0 Å². The van der Waals surface area contributed by atoms with Crippen molar-refractivity contribution in [1.29, 1.82) is 0 Å². The van der Waals surface area contributed by atoms with E-state index in [1.54, 1.807) is 16.9 Å². The molecule has 0 spiro atoms. The summed E-state index contributed by atoms with van der Waals surface area (Å²) in [4.78, 5) is 26.1. The van der Waals surface area contributed by atoms with E-state index in [1.807, 2.05) is 4.90 Å². The Morgan fingerprint density at radius 1 is 1.30 bits per heavy atom. The number of nitrogens with one attached hydrogen (secondary N) is 2. The second-order valence-electron chi connectivity index (χ2n) is 6.62. The molecule has 8 nitrogen and oxygen atoms in total. The molecule has 4 rings (SSSR count). The van der Waals surface area contributed by atoms with E-state index in [4.69, 9.17) is 0 Å². The van der Waals surface area contributed by atoms with Crippen molar-refractivity contribution in [3.8, 4) is 0 Å². The topological polar surface area (TPSA) is 99.5 Å². The highest BCUT2D eigenvalue weighted by Gasteiger charge is 2.43. The van der Waals surface area contributed by atoms with Crippen molar-refractivity contribution in [3.63, 3.8) is 0 Å². The van der Waals surface area contributed by atoms with Crippen molar-refractivity contribution in [2.45, 2.75) is 56.3 Å². The van der Waals surface area contributed by atoms with Crippen LogP contribution in [0.2, 0.25) is 0 Å². The van der Waals surface area contributed by atoms with Gasteiger partial charge in [0.05, 0.1) is 6.10 Å². The summed E-state index contributed by atoms with van der Waals surface area (Å²) in [6.45, 7) is 0.657. The van der Waals surface area contributed by atoms with Gasteiger partial charge in [-0.3, -0.25) is 14.8 Å². The zero-order valence-corrected chi connectivity index (χ0v) is 12.8. The summed E-state index contributed by atoms with van der Waals surface area (Å²) in [5.41, 5.74) is 0. The van der Waals surface area contributed by atoms with Crippen molar-refractivity contribution < 1.29 is 14.7 Å². The van der Waals surface area contributed by atoms with Gasteiger partial charge in [-0.15, -0.1) is 0 Å². The summed E-state index contributed by atoms with van der Waals surface area (Å²) in [5, 5.41) is 19.7. The Labute approximate surface area is 133 Å². The second kappa shape index (κ2) is 5.52. The zero-order chi connectivity index (χ0) is 16.0. The fourth-order valence-electron chi connectivity index (χ4n) is 4.07. The molecule has 3 aliphatic rings. The summed E-state index contributed by atoms with van der Waals surface area (Å²) < 4.78 is 1.60. The molecule has 1 aromatic heterocycles. The number of aromatic nitrogens is 2. The van der Waals surface area contributed by atoms with E-state index in [9.17, 15) is 14.7 Å². The smallest absolute Gasteiger partial charge is 0.323 e. The van der Waals surface area contributed by atoms with E-state index in [0.29, 0.717) is 31.6 Å². The Morgan fingerprint density at radius 3 is 2.70 bits per heavy atom. The van der Waals surface area contributed by atoms with Crippen molar-refractivity contribution in [2.24, 2.45) is 0 Å². The summed E-state index contributed by atoms with van der Waals surface area (Å²) in [6, 6.07) is 1.50. The molecule has 3 saturated heterocycles. The minimum atomic E-state index is -0.295. The number of amides is 3. The van der Waals surface area contributed by atoms with E-state index in [2.05, 4.69) is 15.7 Å². The van der Waals surface area contributed by atoms with Gasteiger partial charge in [-0.1, -0.05) is 0 Å². The number of hydrogen-bond acceptors (Lipinski definition) is 4. The number of carbonyl (C=O) groups is 2. The average Bonchev–Trinajstić information content (AvgIpc) is 3.18. The molecule has 2 bridgehead atoms. The molecule has 4 heterocycles. The van der Waals surface area contributed by atoms with Crippen molar-refractivity contribution >= 4 is 17.8 Å². The van der Waals surface area contributed by atoms with Crippen LogP contribution in [0, 0.1) is 0 Å². The minimum Gasteiger partial charge on any atom is -0.393 e. The first kappa shape index (κ1) is 14.5. The molecule has 3 aliphatic heterocycles. The fraction of sp³-hybridized carbons (Fsp3) is 0.667. The Hall–Kier alpha value is -2.09. The van der Waals surface area contributed by atoms with Crippen LogP contribution in [0.4, 0.5) is 10.6 Å². The predicted molar refractivity (Wildman–Crippen MR) is 81.8 cm³/mol. The third-order valence-electron chi connectivity index (χ3n) is 5.13. The number of carbonyl (C=O) groups excluding carboxylic acids is 2. The zero-order valence-electron chi connectivity index (χ0n) is 12.8. The molecule has 8 heteroatoms. The highest BCUT2D eigenvalue weighted by Crippen LogP contribution is 2.36. The molecule has 4 atom stereocenters. The maximum absolute atomic E-state index is 12.5. The number of anilines is 1. The molecule has 3 amide bonds. The highest BCUT2D eigenvalue weighted by atomic mass is 16.3. The van der Waals surface area contributed by atoms with Gasteiger partial charge in [0.2, 0.25) is 5.91 Å². The van der Waals surface area contributed by atoms with E-state index in [-0.39, 0.29) is 36.2 Å². The Kier molecular flexibility index (Phi) is 3.48. The van der Waals surface area contributed by atoms with Gasteiger partial charge in [0, 0.05) is 30.9 Å². The molecule has 3 N–H and O–H groups in total. The normalized spacial score (nSPS) is 32.9. The van der Waals surface area contributed by atoms with E-state index in [0.717, 1.165) is 12.8 Å². The maximum Gasteiger partial charge on any atom is 0.323 e. The number of rotatable bonds is 2. The number of piperidine rings is 1. The van der Waals surface area contributed by atoms with Crippen LogP contribution in [0.1, 0.15) is 38.1 Å². The monoisotopic (exact) mass is 319 g/mol. The molecule has 3 fully saturated rings. The fourth-order valence-corrected chi connectivity index (χ4v) is 4.07. The lowest BCUT2D eigenvalue weighted by Crippen LogP contribution is -2.49. The summed E-state index contributed by atoms with van der Waals surface area (Å²) >= 11 is 0. The summed E-state index contributed by atoms with van der Waals surface area (Å²) in [5.74, 6) is 0.425. The van der Waals surface area contributed by atoms with Crippen LogP contribution >= 0.6 is 0 Å². The second-order valence-corrected chi connectivity index (χ2v) is 6.62. The van der Waals surface area contributed by atoms with Crippen LogP contribution in [0.15, 0.2) is 12.3 Å². The van der Waals surface area contributed by atoms with Crippen molar-refractivity contribution in [3.05, 3.63) is 12.3 Å². The number of hydrogen-bond donors (Lipinski definition) is 3. The van der Waals surface area contributed by atoms with Crippen LogP contribution in [0.25, 0.3) is 0 Å².